The summed E-state index contributed by atoms with van der Waals surface area (Å²) in [6.45, 7) is 2.73. The predicted molar refractivity (Wildman–Crippen MR) is 63.5 cm³/mol. The molecule has 0 bridgehead atoms. The highest BCUT2D eigenvalue weighted by molar-refractivity contribution is 5.96. The van der Waals surface area contributed by atoms with E-state index < -0.39 is 0 Å². The van der Waals surface area contributed by atoms with Crippen molar-refractivity contribution in [3.8, 4) is 0 Å². The number of nitrogens with zero attached hydrogens (tertiary/aromatic N) is 4. The predicted octanol–water partition coefficient (Wildman–Crippen LogP) is 0.391. The molecule has 3 rings (SSSR count). The van der Waals surface area contributed by atoms with Gasteiger partial charge >= 0.3 is 0 Å². The molecular weight excluding hydrogens is 216 g/mol. The van der Waals surface area contributed by atoms with Crippen molar-refractivity contribution in [3.63, 3.8) is 0 Å². The molecule has 0 aromatic carbocycles. The van der Waals surface area contributed by atoms with Crippen molar-refractivity contribution in [1.29, 1.82) is 0 Å². The van der Waals surface area contributed by atoms with Crippen molar-refractivity contribution in [2.45, 2.75) is 6.42 Å². The number of hydrogen-bond acceptors (Lipinski definition) is 4. The number of carbonyl (C=O) groups is 1. The van der Waals surface area contributed by atoms with Crippen LogP contribution in [0.3, 0.4) is 0 Å². The van der Waals surface area contributed by atoms with Crippen LogP contribution in [0.1, 0.15) is 6.42 Å². The number of rotatable bonds is 1. The van der Waals surface area contributed by atoms with Gasteiger partial charge in [-0.3, -0.25) is 4.79 Å². The molecule has 0 spiro atoms. The molecular formula is C12H16N4O. The molecule has 0 saturated carbocycles. The fourth-order valence-corrected chi connectivity index (χ4v) is 2.95. The van der Waals surface area contributed by atoms with Gasteiger partial charge in [0.2, 0.25) is 5.91 Å². The number of amides is 1. The third-order valence-corrected chi connectivity index (χ3v) is 3.79. The van der Waals surface area contributed by atoms with E-state index in [9.17, 15) is 4.79 Å². The number of hydrogen-bond donors (Lipinski definition) is 0. The average Bonchev–Trinajstić information content (AvgIpc) is 2.72. The Bertz CT molecular complexity index is 422. The van der Waals surface area contributed by atoms with Crippen LogP contribution in [0.5, 0.6) is 0 Å². The molecule has 1 aromatic rings. The lowest BCUT2D eigenvalue weighted by Crippen LogP contribution is -2.45. The Labute approximate surface area is 100 Å². The van der Waals surface area contributed by atoms with Crippen LogP contribution in [-0.4, -0.2) is 47.5 Å². The second kappa shape index (κ2) is 4.07. The van der Waals surface area contributed by atoms with Crippen molar-refractivity contribution < 1.29 is 4.79 Å². The molecule has 1 amide bonds. The molecule has 2 atom stereocenters. The maximum absolute atomic E-state index is 12.4. The van der Waals surface area contributed by atoms with Gasteiger partial charge in [0.15, 0.2) is 0 Å². The summed E-state index contributed by atoms with van der Waals surface area (Å²) in [7, 11) is 2.08. The quantitative estimate of drug-likeness (QED) is 0.703. The molecule has 5 heteroatoms. The lowest BCUT2D eigenvalue weighted by molar-refractivity contribution is -0.124. The number of fused-ring (bicyclic) bond motifs is 1. The monoisotopic (exact) mass is 232 g/mol. The standard InChI is InChI=1S/C12H16N4O/c1-15-6-9-2-3-16(12(17)11(9)7-15)10-4-13-8-14-5-10/h4-5,8-9,11H,2-3,6-7H2,1H3. The van der Waals surface area contributed by atoms with E-state index >= 15 is 0 Å². The van der Waals surface area contributed by atoms with Crippen LogP contribution >= 0.6 is 0 Å². The van der Waals surface area contributed by atoms with Crippen molar-refractivity contribution in [1.82, 2.24) is 14.9 Å². The molecule has 17 heavy (non-hydrogen) atoms. The third-order valence-electron chi connectivity index (χ3n) is 3.79. The summed E-state index contributed by atoms with van der Waals surface area (Å²) in [5.74, 6) is 0.933. The van der Waals surface area contributed by atoms with Gasteiger partial charge in [-0.2, -0.15) is 0 Å². The zero-order chi connectivity index (χ0) is 11.8. The lowest BCUT2D eigenvalue weighted by Gasteiger charge is -2.33. The van der Waals surface area contributed by atoms with Crippen molar-refractivity contribution >= 4 is 11.6 Å². The molecule has 1 aromatic heterocycles. The van der Waals surface area contributed by atoms with E-state index in [2.05, 4.69) is 21.9 Å². The van der Waals surface area contributed by atoms with Crippen molar-refractivity contribution in [2.24, 2.45) is 11.8 Å². The van der Waals surface area contributed by atoms with Crippen LogP contribution < -0.4 is 4.90 Å². The van der Waals surface area contributed by atoms with Gasteiger partial charge in [0.05, 0.1) is 24.0 Å². The largest absolute Gasteiger partial charge is 0.309 e. The normalized spacial score (nSPS) is 29.5. The molecule has 2 unspecified atom stereocenters. The Kier molecular flexibility index (Phi) is 2.55. The molecule has 5 nitrogen and oxygen atoms in total. The molecule has 2 fully saturated rings. The summed E-state index contributed by atoms with van der Waals surface area (Å²) in [5, 5.41) is 0. The zero-order valence-electron chi connectivity index (χ0n) is 9.91. The van der Waals surface area contributed by atoms with E-state index in [1.807, 2.05) is 4.90 Å². The molecule has 2 saturated heterocycles. The van der Waals surface area contributed by atoms with Gasteiger partial charge in [-0.05, 0) is 19.4 Å². The SMILES string of the molecule is CN1CC2CCN(c3cncnc3)C(=O)C2C1. The fraction of sp³-hybridized carbons (Fsp3) is 0.583. The fourth-order valence-electron chi connectivity index (χ4n) is 2.95. The Balaban J connectivity index is 1.83. The number of likely N-dealkylation sites (tertiary alicyclic amines) is 1. The summed E-state index contributed by atoms with van der Waals surface area (Å²) in [6, 6.07) is 0. The van der Waals surface area contributed by atoms with Crippen LogP contribution in [0.15, 0.2) is 18.7 Å². The molecule has 2 aliphatic rings. The minimum atomic E-state index is 0.161. The van der Waals surface area contributed by atoms with Crippen LogP contribution in [0, 0.1) is 11.8 Å². The van der Waals surface area contributed by atoms with Crippen molar-refractivity contribution in [3.05, 3.63) is 18.7 Å². The van der Waals surface area contributed by atoms with E-state index in [4.69, 9.17) is 0 Å². The van der Waals surface area contributed by atoms with E-state index in [1.165, 1.54) is 6.33 Å². The summed E-state index contributed by atoms with van der Waals surface area (Å²) < 4.78 is 0. The minimum Gasteiger partial charge on any atom is -0.309 e. The third kappa shape index (κ3) is 1.80. The summed E-state index contributed by atoms with van der Waals surface area (Å²) in [4.78, 5) is 24.4. The van der Waals surface area contributed by atoms with Crippen molar-refractivity contribution in [2.75, 3.05) is 31.6 Å². The first-order valence-corrected chi connectivity index (χ1v) is 6.00. The first kappa shape index (κ1) is 10.7. The van der Waals surface area contributed by atoms with E-state index in [0.29, 0.717) is 5.92 Å². The minimum absolute atomic E-state index is 0.161. The second-order valence-electron chi connectivity index (χ2n) is 4.96. The number of carbonyl (C=O) groups excluding carboxylic acids is 1. The van der Waals surface area contributed by atoms with Crippen LogP contribution in [-0.2, 0) is 4.79 Å². The molecule has 0 radical (unpaired) electrons. The molecule has 2 aliphatic heterocycles. The first-order valence-electron chi connectivity index (χ1n) is 6.00. The Morgan fingerprint density at radius 3 is 2.82 bits per heavy atom. The average molecular weight is 232 g/mol. The van der Waals surface area contributed by atoms with Crippen LogP contribution in [0.4, 0.5) is 5.69 Å². The smallest absolute Gasteiger partial charge is 0.231 e. The summed E-state index contributed by atoms with van der Waals surface area (Å²) in [5.41, 5.74) is 0.825. The van der Waals surface area contributed by atoms with E-state index in [-0.39, 0.29) is 11.8 Å². The van der Waals surface area contributed by atoms with E-state index in [1.54, 1.807) is 12.4 Å². The Hall–Kier alpha value is -1.49. The van der Waals surface area contributed by atoms with Gasteiger partial charge in [-0.25, -0.2) is 9.97 Å². The first-order chi connectivity index (χ1) is 8.25. The highest BCUT2D eigenvalue weighted by Crippen LogP contribution is 2.33. The second-order valence-corrected chi connectivity index (χ2v) is 4.96. The number of anilines is 1. The lowest BCUT2D eigenvalue weighted by atomic mass is 9.88. The van der Waals surface area contributed by atoms with Crippen LogP contribution in [0.25, 0.3) is 0 Å². The maximum atomic E-state index is 12.4. The van der Waals surface area contributed by atoms with Gasteiger partial charge in [-0.1, -0.05) is 0 Å². The maximum Gasteiger partial charge on any atom is 0.231 e. The Morgan fingerprint density at radius 2 is 2.06 bits per heavy atom. The number of piperidine rings is 1. The van der Waals surface area contributed by atoms with Gasteiger partial charge < -0.3 is 9.80 Å². The van der Waals surface area contributed by atoms with Gasteiger partial charge in [0, 0.05) is 19.6 Å². The number of aromatic nitrogens is 2. The van der Waals surface area contributed by atoms with Gasteiger partial charge in [-0.15, -0.1) is 0 Å². The van der Waals surface area contributed by atoms with Gasteiger partial charge in [0.25, 0.3) is 0 Å². The van der Waals surface area contributed by atoms with E-state index in [0.717, 1.165) is 31.7 Å². The highest BCUT2D eigenvalue weighted by Gasteiger charge is 2.42. The molecule has 0 N–H and O–H groups in total. The zero-order valence-corrected chi connectivity index (χ0v) is 9.91. The molecule has 0 aliphatic carbocycles. The van der Waals surface area contributed by atoms with Crippen LogP contribution in [0.2, 0.25) is 0 Å². The highest BCUT2D eigenvalue weighted by atomic mass is 16.2. The topological polar surface area (TPSA) is 49.3 Å². The summed E-state index contributed by atoms with van der Waals surface area (Å²) >= 11 is 0. The molecule has 3 heterocycles. The Morgan fingerprint density at radius 1 is 1.29 bits per heavy atom. The summed E-state index contributed by atoms with van der Waals surface area (Å²) in [6.07, 6.45) is 5.99. The van der Waals surface area contributed by atoms with Gasteiger partial charge in [0.1, 0.15) is 6.33 Å². The molecule has 90 valence electrons.